The number of halogens is 2. The van der Waals surface area contributed by atoms with E-state index in [1.807, 2.05) is 0 Å². The van der Waals surface area contributed by atoms with Gasteiger partial charge >= 0.3 is 249 Å². The van der Waals surface area contributed by atoms with Crippen molar-refractivity contribution in [2.24, 2.45) is 0 Å². The van der Waals surface area contributed by atoms with Gasteiger partial charge in [0.1, 0.15) is 0 Å². The second-order valence-corrected chi connectivity index (χ2v) is 48.7. The zero-order valence-electron chi connectivity index (χ0n) is 23.7. The van der Waals surface area contributed by atoms with Crippen molar-refractivity contribution in [3.63, 3.8) is 0 Å². The molecule has 0 N–H and O–H groups in total. The fraction of sp³-hybridized carbons (Fsp3) is 0.222. The van der Waals surface area contributed by atoms with Crippen LogP contribution < -0.4 is 0 Å². The van der Waals surface area contributed by atoms with Gasteiger partial charge in [0.15, 0.2) is 0 Å². The van der Waals surface area contributed by atoms with Gasteiger partial charge in [0.05, 0.1) is 0 Å². The van der Waals surface area contributed by atoms with Crippen molar-refractivity contribution in [2.45, 2.75) is 47.0 Å². The fourth-order valence-corrected chi connectivity index (χ4v) is 56.6. The molecule has 2 aliphatic rings. The minimum absolute atomic E-state index is 0.108. The van der Waals surface area contributed by atoms with Crippen LogP contribution in [0.15, 0.2) is 108 Å². The second-order valence-electron chi connectivity index (χ2n) is 11.5. The molecule has 0 amide bonds. The van der Waals surface area contributed by atoms with E-state index >= 15 is 0 Å². The van der Waals surface area contributed by atoms with Crippen molar-refractivity contribution < 1.29 is 15.0 Å². The Balaban J connectivity index is 1.63. The summed E-state index contributed by atoms with van der Waals surface area (Å²) in [4.78, 5) is 0. The zero-order chi connectivity index (χ0) is 28.1. The van der Waals surface area contributed by atoms with E-state index in [0.29, 0.717) is 0 Å². The summed E-state index contributed by atoms with van der Waals surface area (Å²) in [7, 11) is 17.1. The molecule has 0 aromatic heterocycles. The third-order valence-electron chi connectivity index (χ3n) is 9.31. The van der Waals surface area contributed by atoms with Crippen LogP contribution >= 0.6 is 17.0 Å². The number of allylic oxidation sites excluding steroid dienone is 2. The Bertz CT molecular complexity index is 1620. The number of rotatable bonds is 6. The van der Waals surface area contributed by atoms with E-state index in [0.717, 1.165) is 12.1 Å². The normalized spacial score (nSPS) is 18.2. The van der Waals surface area contributed by atoms with Crippen LogP contribution in [0.25, 0.3) is 34.4 Å². The Labute approximate surface area is 247 Å². The van der Waals surface area contributed by atoms with Crippen LogP contribution in [0.5, 0.6) is 0 Å². The van der Waals surface area contributed by atoms with Crippen molar-refractivity contribution in [3.8, 4) is 22.3 Å². The molecule has 0 nitrogen and oxygen atoms in total. The van der Waals surface area contributed by atoms with Crippen LogP contribution in [0.2, 0.25) is 12.1 Å². The first kappa shape index (κ1) is 28.2. The molecule has 4 aromatic rings. The summed E-state index contributed by atoms with van der Waals surface area (Å²) in [5.74, 6) is 0. The van der Waals surface area contributed by atoms with Crippen molar-refractivity contribution >= 4 is 34.6 Å². The average Bonchev–Trinajstić information content (AvgIpc) is 3.51. The summed E-state index contributed by atoms with van der Waals surface area (Å²) >= 11 is -4.76. The van der Waals surface area contributed by atoms with E-state index in [1.54, 1.807) is 0 Å². The van der Waals surface area contributed by atoms with Gasteiger partial charge in [-0.1, -0.05) is 0 Å². The first-order valence-electron chi connectivity index (χ1n) is 14.4. The van der Waals surface area contributed by atoms with Gasteiger partial charge in [-0.2, -0.15) is 0 Å². The molecule has 0 bridgehead atoms. The van der Waals surface area contributed by atoms with E-state index < -0.39 is 20.4 Å². The first-order valence-corrected chi connectivity index (χ1v) is 29.2. The molecular weight excluding hydrogens is 623 g/mol. The Hall–Kier alpha value is -1.96. The molecule has 2 unspecified atom stereocenters. The molecule has 0 radical (unpaired) electrons. The standard InChI is InChI=1S/2C16H13.C4H10Si.2ClH.Zr/c2*1-12-10-14-8-5-9-15(16(14)11-12)13-6-3-2-4-7-13;1-3-5-4-2;;;/h2*2-11H,1H3;3-4H2,1-2H3;2*1H;/q;;;;;+2/p-2. The minimum atomic E-state index is -4.76. The van der Waals surface area contributed by atoms with Gasteiger partial charge in [-0.05, 0) is 0 Å². The molecule has 6 rings (SSSR count). The van der Waals surface area contributed by atoms with E-state index in [2.05, 4.69) is 137 Å². The van der Waals surface area contributed by atoms with Crippen LogP contribution in [0.3, 0.4) is 0 Å². The summed E-state index contributed by atoms with van der Waals surface area (Å²) < 4.78 is 0.216. The molecule has 202 valence electrons. The van der Waals surface area contributed by atoms with Gasteiger partial charge in [-0.15, -0.1) is 0 Å². The molecule has 2 atom stereocenters. The Morgan fingerprint density at radius 3 is 1.35 bits per heavy atom. The van der Waals surface area contributed by atoms with Gasteiger partial charge in [-0.3, -0.25) is 0 Å². The summed E-state index contributed by atoms with van der Waals surface area (Å²) in [6, 6.07) is 37.2. The summed E-state index contributed by atoms with van der Waals surface area (Å²) in [5.41, 5.74) is 12.0. The Morgan fingerprint density at radius 1 is 0.575 bits per heavy atom. The van der Waals surface area contributed by atoms with Crippen molar-refractivity contribution in [3.05, 3.63) is 130 Å². The monoisotopic (exact) mass is 656 g/mol. The second kappa shape index (κ2) is 10.7. The molecule has 40 heavy (non-hydrogen) atoms. The van der Waals surface area contributed by atoms with Gasteiger partial charge < -0.3 is 0 Å². The van der Waals surface area contributed by atoms with E-state index in [4.69, 9.17) is 17.0 Å². The molecule has 0 saturated heterocycles. The van der Waals surface area contributed by atoms with Crippen molar-refractivity contribution in [1.82, 2.24) is 0 Å². The fourth-order valence-electron chi connectivity index (χ4n) is 7.75. The molecule has 4 aromatic carbocycles. The van der Waals surface area contributed by atoms with Crippen molar-refractivity contribution in [1.29, 1.82) is 0 Å². The maximum atomic E-state index is 8.55. The molecule has 0 aliphatic heterocycles. The number of benzene rings is 4. The predicted molar refractivity (Wildman–Crippen MR) is 175 cm³/mol. The molecule has 0 heterocycles. The SMILES string of the molecule is CC[Si](CC)=[Zr]([Cl])([Cl])([CH]1C(C)=Cc2c(-c3ccccc3)cccc21)[CH]1C(C)=Cc2c(-c3ccccc3)cccc21. The Morgan fingerprint density at radius 2 is 0.975 bits per heavy atom. The topological polar surface area (TPSA) is 0 Å². The summed E-state index contributed by atoms with van der Waals surface area (Å²) in [6.45, 7) is 9.25. The van der Waals surface area contributed by atoms with Crippen LogP contribution in [0.1, 0.15) is 57.2 Å². The molecular formula is C36H36Cl2SiZr. The molecule has 0 fully saturated rings. The quantitative estimate of drug-likeness (QED) is 0.181. The van der Waals surface area contributed by atoms with E-state index in [-0.39, 0.29) is 7.25 Å². The number of fused-ring (bicyclic) bond motifs is 2. The van der Waals surface area contributed by atoms with Crippen LogP contribution in [-0.4, -0.2) is 5.43 Å². The number of hydrogen-bond donors (Lipinski definition) is 0. The van der Waals surface area contributed by atoms with Crippen LogP contribution in [0, 0.1) is 0 Å². The maximum absolute atomic E-state index is 8.55. The number of hydrogen-bond acceptors (Lipinski definition) is 0. The van der Waals surface area contributed by atoms with Gasteiger partial charge in [0.25, 0.3) is 0 Å². The van der Waals surface area contributed by atoms with E-state index in [9.17, 15) is 0 Å². The van der Waals surface area contributed by atoms with Crippen LogP contribution in [0.4, 0.5) is 0 Å². The third kappa shape index (κ3) is 4.25. The molecule has 2 aliphatic carbocycles. The molecule has 0 spiro atoms. The molecule has 4 heteroatoms. The van der Waals surface area contributed by atoms with Crippen molar-refractivity contribution in [2.75, 3.05) is 0 Å². The van der Waals surface area contributed by atoms with Gasteiger partial charge in [0.2, 0.25) is 0 Å². The summed E-state index contributed by atoms with van der Waals surface area (Å²) in [6.07, 6.45) is 4.81. The van der Waals surface area contributed by atoms with Crippen LogP contribution in [-0.2, 0) is 15.0 Å². The third-order valence-corrected chi connectivity index (χ3v) is 54.6. The predicted octanol–water partition coefficient (Wildman–Crippen LogP) is 11.7. The Kier molecular flexibility index (Phi) is 7.54. The zero-order valence-corrected chi connectivity index (χ0v) is 28.7. The van der Waals surface area contributed by atoms with Gasteiger partial charge in [0, 0.05) is 0 Å². The van der Waals surface area contributed by atoms with Gasteiger partial charge in [-0.25, -0.2) is 0 Å². The average molecular weight is 659 g/mol. The first-order chi connectivity index (χ1) is 19.3. The molecule has 0 saturated carbocycles. The summed E-state index contributed by atoms with van der Waals surface area (Å²) in [5, 5.41) is 0. The van der Waals surface area contributed by atoms with E-state index in [1.165, 1.54) is 55.7 Å².